The molecule has 2 aromatic carbocycles. The summed E-state index contributed by atoms with van der Waals surface area (Å²) in [5.74, 6) is 0.778. The first-order valence-electron chi connectivity index (χ1n) is 6.63. The standard InChI is InChI=1S/C17H15N3O/c1-21-17-6-5-12(10-18)9-13(17)11-20-8-7-14-15(19)3-2-4-16(14)20/h2-9H,11,19H2,1H3. The third-order valence-electron chi connectivity index (χ3n) is 3.60. The molecule has 2 N–H and O–H groups in total. The number of hydrogen-bond donors (Lipinski definition) is 1. The molecule has 4 heteroatoms. The van der Waals surface area contributed by atoms with Crippen molar-refractivity contribution in [3.8, 4) is 11.8 Å². The van der Waals surface area contributed by atoms with Gasteiger partial charge in [-0.3, -0.25) is 0 Å². The van der Waals surface area contributed by atoms with Crippen LogP contribution in [0.15, 0.2) is 48.7 Å². The van der Waals surface area contributed by atoms with E-state index in [1.54, 1.807) is 13.2 Å². The van der Waals surface area contributed by atoms with Crippen LogP contribution in [0.2, 0.25) is 0 Å². The molecule has 0 aliphatic rings. The van der Waals surface area contributed by atoms with Crippen molar-refractivity contribution in [3.05, 3.63) is 59.8 Å². The second kappa shape index (κ2) is 5.22. The van der Waals surface area contributed by atoms with Gasteiger partial charge in [-0.15, -0.1) is 0 Å². The van der Waals surface area contributed by atoms with Crippen LogP contribution < -0.4 is 10.5 Å². The molecule has 0 spiro atoms. The summed E-state index contributed by atoms with van der Waals surface area (Å²) < 4.78 is 7.48. The summed E-state index contributed by atoms with van der Waals surface area (Å²) in [4.78, 5) is 0. The zero-order valence-corrected chi connectivity index (χ0v) is 11.7. The fourth-order valence-electron chi connectivity index (χ4n) is 2.54. The number of ether oxygens (including phenoxy) is 1. The van der Waals surface area contributed by atoms with E-state index in [4.69, 9.17) is 15.7 Å². The van der Waals surface area contributed by atoms with Crippen LogP contribution in [-0.2, 0) is 6.54 Å². The number of nitriles is 1. The molecule has 0 aliphatic heterocycles. The minimum Gasteiger partial charge on any atom is -0.496 e. The minimum atomic E-state index is 0.627. The Kier molecular flexibility index (Phi) is 3.25. The van der Waals surface area contributed by atoms with Gasteiger partial charge in [0.25, 0.3) is 0 Å². The Morgan fingerprint density at radius 1 is 1.24 bits per heavy atom. The van der Waals surface area contributed by atoms with E-state index in [1.165, 1.54) is 0 Å². The van der Waals surface area contributed by atoms with Crippen LogP contribution in [0.3, 0.4) is 0 Å². The van der Waals surface area contributed by atoms with E-state index < -0.39 is 0 Å². The van der Waals surface area contributed by atoms with Crippen molar-refractivity contribution in [1.82, 2.24) is 4.57 Å². The number of aromatic nitrogens is 1. The van der Waals surface area contributed by atoms with Gasteiger partial charge in [0, 0.05) is 22.8 Å². The molecule has 1 heterocycles. The van der Waals surface area contributed by atoms with Crippen molar-refractivity contribution in [2.75, 3.05) is 12.8 Å². The van der Waals surface area contributed by atoms with E-state index in [2.05, 4.69) is 10.6 Å². The van der Waals surface area contributed by atoms with Gasteiger partial charge in [-0.25, -0.2) is 0 Å². The van der Waals surface area contributed by atoms with Crippen LogP contribution >= 0.6 is 0 Å². The van der Waals surface area contributed by atoms with Crippen molar-refractivity contribution < 1.29 is 4.74 Å². The maximum atomic E-state index is 9.05. The average molecular weight is 277 g/mol. The molecule has 1 aromatic heterocycles. The summed E-state index contributed by atoms with van der Waals surface area (Å²) >= 11 is 0. The van der Waals surface area contributed by atoms with Crippen LogP contribution in [0.1, 0.15) is 11.1 Å². The second-order valence-corrected chi connectivity index (χ2v) is 4.86. The number of methoxy groups -OCH3 is 1. The van der Waals surface area contributed by atoms with Crippen LogP contribution in [0, 0.1) is 11.3 Å². The van der Waals surface area contributed by atoms with Gasteiger partial charge in [0.1, 0.15) is 5.75 Å². The average Bonchev–Trinajstić information content (AvgIpc) is 2.92. The Bertz CT molecular complexity index is 843. The summed E-state index contributed by atoms with van der Waals surface area (Å²) in [5.41, 5.74) is 9.42. The molecular formula is C17H15N3O. The lowest BCUT2D eigenvalue weighted by molar-refractivity contribution is 0.408. The smallest absolute Gasteiger partial charge is 0.123 e. The van der Waals surface area contributed by atoms with Gasteiger partial charge in [-0.1, -0.05) is 6.07 Å². The molecule has 4 nitrogen and oxygen atoms in total. The molecule has 21 heavy (non-hydrogen) atoms. The molecule has 0 saturated heterocycles. The van der Waals surface area contributed by atoms with Crippen molar-refractivity contribution in [3.63, 3.8) is 0 Å². The van der Waals surface area contributed by atoms with E-state index >= 15 is 0 Å². The van der Waals surface area contributed by atoms with Crippen LogP contribution in [0.25, 0.3) is 10.9 Å². The van der Waals surface area contributed by atoms with E-state index in [9.17, 15) is 0 Å². The molecule has 0 amide bonds. The highest BCUT2D eigenvalue weighted by molar-refractivity contribution is 5.91. The number of fused-ring (bicyclic) bond motifs is 1. The zero-order valence-electron chi connectivity index (χ0n) is 11.7. The lowest BCUT2D eigenvalue weighted by Crippen LogP contribution is -2.01. The number of anilines is 1. The fraction of sp³-hybridized carbons (Fsp3) is 0.118. The first-order valence-corrected chi connectivity index (χ1v) is 6.63. The third-order valence-corrected chi connectivity index (χ3v) is 3.60. The largest absolute Gasteiger partial charge is 0.496 e. The molecule has 0 bridgehead atoms. The maximum Gasteiger partial charge on any atom is 0.123 e. The zero-order chi connectivity index (χ0) is 14.8. The number of hydrogen-bond acceptors (Lipinski definition) is 3. The molecule has 0 saturated carbocycles. The quantitative estimate of drug-likeness (QED) is 0.748. The van der Waals surface area contributed by atoms with Gasteiger partial charge in [0.2, 0.25) is 0 Å². The number of benzene rings is 2. The van der Waals surface area contributed by atoms with E-state index in [0.717, 1.165) is 27.9 Å². The monoisotopic (exact) mass is 277 g/mol. The maximum absolute atomic E-state index is 9.05. The Balaban J connectivity index is 2.06. The van der Waals surface area contributed by atoms with Crippen LogP contribution in [-0.4, -0.2) is 11.7 Å². The summed E-state index contributed by atoms with van der Waals surface area (Å²) in [6, 6.07) is 15.5. The number of nitrogens with two attached hydrogens (primary N) is 1. The van der Waals surface area contributed by atoms with Gasteiger partial charge in [-0.2, -0.15) is 5.26 Å². The Morgan fingerprint density at radius 3 is 2.86 bits per heavy atom. The fourth-order valence-corrected chi connectivity index (χ4v) is 2.54. The highest BCUT2D eigenvalue weighted by atomic mass is 16.5. The summed E-state index contributed by atoms with van der Waals surface area (Å²) in [5, 5.41) is 10.1. The normalized spacial score (nSPS) is 10.5. The molecule has 0 fully saturated rings. The lowest BCUT2D eigenvalue weighted by atomic mass is 10.1. The SMILES string of the molecule is COc1ccc(C#N)cc1Cn1ccc2c(N)cccc21. The topological polar surface area (TPSA) is 64.0 Å². The summed E-state index contributed by atoms with van der Waals surface area (Å²) in [7, 11) is 1.64. The number of nitrogen functional groups attached to an aromatic ring is 1. The van der Waals surface area contributed by atoms with Crippen molar-refractivity contribution in [1.29, 1.82) is 5.26 Å². The van der Waals surface area contributed by atoms with Gasteiger partial charge in [0.15, 0.2) is 0 Å². The molecule has 3 rings (SSSR count). The molecule has 0 aliphatic carbocycles. The first kappa shape index (κ1) is 13.1. The lowest BCUT2D eigenvalue weighted by Gasteiger charge is -2.11. The van der Waals surface area contributed by atoms with Crippen LogP contribution in [0.5, 0.6) is 5.75 Å². The van der Waals surface area contributed by atoms with Crippen LogP contribution in [0.4, 0.5) is 5.69 Å². The molecule has 0 radical (unpaired) electrons. The van der Waals surface area contributed by atoms with E-state index in [-0.39, 0.29) is 0 Å². The predicted octanol–water partition coefficient (Wildman–Crippen LogP) is 3.15. The minimum absolute atomic E-state index is 0.627. The number of nitrogens with zero attached hydrogens (tertiary/aromatic N) is 2. The van der Waals surface area contributed by atoms with Crippen molar-refractivity contribution in [2.24, 2.45) is 0 Å². The highest BCUT2D eigenvalue weighted by Gasteiger charge is 2.08. The van der Waals surface area contributed by atoms with Crippen molar-refractivity contribution >= 4 is 16.6 Å². The Labute approximate surface area is 123 Å². The Morgan fingerprint density at radius 2 is 2.10 bits per heavy atom. The summed E-state index contributed by atoms with van der Waals surface area (Å²) in [6.07, 6.45) is 2.00. The van der Waals surface area contributed by atoms with E-state index in [0.29, 0.717) is 12.1 Å². The van der Waals surface area contributed by atoms with Gasteiger partial charge in [-0.05, 0) is 36.4 Å². The van der Waals surface area contributed by atoms with Gasteiger partial charge >= 0.3 is 0 Å². The van der Waals surface area contributed by atoms with Gasteiger partial charge < -0.3 is 15.0 Å². The molecular weight excluding hydrogens is 262 g/mol. The molecule has 104 valence electrons. The summed E-state index contributed by atoms with van der Waals surface area (Å²) in [6.45, 7) is 0.631. The van der Waals surface area contributed by atoms with Gasteiger partial charge in [0.05, 0.1) is 30.8 Å². The van der Waals surface area contributed by atoms with Crippen molar-refractivity contribution in [2.45, 2.75) is 6.54 Å². The molecule has 0 atom stereocenters. The first-order chi connectivity index (χ1) is 10.2. The highest BCUT2D eigenvalue weighted by Crippen LogP contribution is 2.26. The molecule has 3 aromatic rings. The second-order valence-electron chi connectivity index (χ2n) is 4.86. The Hall–Kier alpha value is -2.93. The predicted molar refractivity (Wildman–Crippen MR) is 83.2 cm³/mol. The third kappa shape index (κ3) is 2.30. The van der Waals surface area contributed by atoms with E-state index in [1.807, 2.05) is 42.6 Å². The molecule has 0 unspecified atom stereocenters. The number of rotatable bonds is 3.